The van der Waals surface area contributed by atoms with Gasteiger partial charge in [-0.3, -0.25) is 9.69 Å². The molecule has 1 aliphatic rings. The van der Waals surface area contributed by atoms with E-state index < -0.39 is 0 Å². The maximum atomic E-state index is 12.5. The first kappa shape index (κ1) is 19.6. The lowest BCUT2D eigenvalue weighted by atomic mass is 10.2. The van der Waals surface area contributed by atoms with E-state index in [2.05, 4.69) is 34.7 Å². The highest BCUT2D eigenvalue weighted by Gasteiger charge is 2.18. The van der Waals surface area contributed by atoms with E-state index >= 15 is 0 Å². The lowest BCUT2D eigenvalue weighted by Crippen LogP contribution is -2.26. The minimum atomic E-state index is -0.0990. The average Bonchev–Trinajstić information content (AvgIpc) is 2.87. The minimum Gasteiger partial charge on any atom is -0.324 e. The van der Waals surface area contributed by atoms with Gasteiger partial charge in [-0.1, -0.05) is 31.0 Å². The van der Waals surface area contributed by atoms with Gasteiger partial charge in [-0.15, -0.1) is 0 Å². The van der Waals surface area contributed by atoms with Crippen molar-refractivity contribution in [1.29, 1.82) is 0 Å². The van der Waals surface area contributed by atoms with E-state index in [1.165, 1.54) is 25.7 Å². The van der Waals surface area contributed by atoms with Gasteiger partial charge in [0.05, 0.1) is 17.6 Å². The van der Waals surface area contributed by atoms with Gasteiger partial charge in [-0.25, -0.2) is 4.98 Å². The molecule has 1 aromatic heterocycles. The molecule has 2 aromatic carbocycles. The molecule has 5 heteroatoms. The molecule has 0 unspecified atom stereocenters. The van der Waals surface area contributed by atoms with E-state index in [9.17, 15) is 4.79 Å². The van der Waals surface area contributed by atoms with Gasteiger partial charge in [-0.05, 0) is 70.1 Å². The Hall–Kier alpha value is -2.66. The van der Waals surface area contributed by atoms with Crippen molar-refractivity contribution in [3.05, 3.63) is 59.9 Å². The summed E-state index contributed by atoms with van der Waals surface area (Å²) in [4.78, 5) is 20.0. The number of fused-ring (bicyclic) bond motifs is 1. The van der Waals surface area contributed by atoms with Gasteiger partial charge in [0.2, 0.25) is 0 Å². The van der Waals surface area contributed by atoms with Crippen LogP contribution in [-0.2, 0) is 6.54 Å². The molecular weight excluding hydrogens is 360 g/mol. The van der Waals surface area contributed by atoms with Gasteiger partial charge < -0.3 is 9.88 Å². The summed E-state index contributed by atoms with van der Waals surface area (Å²) in [6.07, 6.45) is 5.22. The number of aromatic nitrogens is 2. The Labute approximate surface area is 172 Å². The van der Waals surface area contributed by atoms with Crippen LogP contribution in [0.15, 0.2) is 48.5 Å². The zero-order valence-corrected chi connectivity index (χ0v) is 17.4. The number of benzene rings is 2. The molecule has 1 N–H and O–H groups in total. The molecule has 152 valence electrons. The summed E-state index contributed by atoms with van der Waals surface area (Å²) in [5.74, 6) is 1.02. The first-order valence-corrected chi connectivity index (χ1v) is 10.7. The molecule has 0 saturated carbocycles. The Morgan fingerprint density at radius 2 is 1.76 bits per heavy atom. The van der Waals surface area contributed by atoms with Crippen LogP contribution in [0.25, 0.3) is 11.0 Å². The molecule has 0 bridgehead atoms. The fraction of sp³-hybridized carbons (Fsp3) is 0.417. The van der Waals surface area contributed by atoms with Crippen molar-refractivity contribution >= 4 is 22.6 Å². The summed E-state index contributed by atoms with van der Waals surface area (Å²) in [6, 6.07) is 15.7. The monoisotopic (exact) mass is 390 g/mol. The fourth-order valence-electron chi connectivity index (χ4n) is 4.20. The molecule has 0 aliphatic carbocycles. The molecule has 1 fully saturated rings. The van der Waals surface area contributed by atoms with E-state index in [1.54, 1.807) is 0 Å². The maximum absolute atomic E-state index is 12.5. The first-order valence-electron chi connectivity index (χ1n) is 10.7. The van der Waals surface area contributed by atoms with E-state index in [4.69, 9.17) is 4.98 Å². The van der Waals surface area contributed by atoms with E-state index in [1.807, 2.05) is 42.5 Å². The molecule has 0 spiro atoms. The normalized spacial score (nSPS) is 15.6. The number of amides is 1. The molecule has 29 heavy (non-hydrogen) atoms. The number of nitrogens with zero attached hydrogens (tertiary/aromatic N) is 3. The molecule has 5 nitrogen and oxygen atoms in total. The van der Waals surface area contributed by atoms with Crippen LogP contribution in [0.5, 0.6) is 0 Å². The molecule has 1 amide bonds. The van der Waals surface area contributed by atoms with Crippen LogP contribution in [0, 0.1) is 0 Å². The highest BCUT2D eigenvalue weighted by molar-refractivity contribution is 6.04. The smallest absolute Gasteiger partial charge is 0.255 e. The first-order chi connectivity index (χ1) is 14.1. The highest BCUT2D eigenvalue weighted by atomic mass is 16.1. The maximum Gasteiger partial charge on any atom is 0.255 e. The average molecular weight is 391 g/mol. The third-order valence-corrected chi connectivity index (χ3v) is 5.64. The number of rotatable bonds is 5. The number of likely N-dealkylation sites (tertiary alicyclic amines) is 1. The van der Waals surface area contributed by atoms with Crippen LogP contribution in [0.1, 0.15) is 61.8 Å². The quantitative estimate of drug-likeness (QED) is 0.648. The van der Waals surface area contributed by atoms with Crippen LogP contribution in [-0.4, -0.2) is 33.4 Å². The number of hydrogen-bond donors (Lipinski definition) is 1. The number of hydrogen-bond acceptors (Lipinski definition) is 3. The van der Waals surface area contributed by atoms with E-state index in [-0.39, 0.29) is 5.91 Å². The van der Waals surface area contributed by atoms with Crippen LogP contribution in [0.2, 0.25) is 0 Å². The second-order valence-corrected chi connectivity index (χ2v) is 8.21. The Morgan fingerprint density at radius 3 is 2.45 bits per heavy atom. The standard InChI is InChI=1S/C24H30N4O/c1-18(2)28-22-13-12-20(25-24(29)19-10-6-5-7-11-19)16-21(22)26-23(28)17-27-14-8-3-4-9-15-27/h5-7,10-13,16,18H,3-4,8-9,14-15,17H2,1-2H3,(H,25,29). The largest absolute Gasteiger partial charge is 0.324 e. The van der Waals surface area contributed by atoms with Crippen LogP contribution in [0.4, 0.5) is 5.69 Å². The fourth-order valence-corrected chi connectivity index (χ4v) is 4.20. The van der Waals surface area contributed by atoms with Gasteiger partial charge >= 0.3 is 0 Å². The van der Waals surface area contributed by atoms with Crippen molar-refractivity contribution in [1.82, 2.24) is 14.5 Å². The van der Waals surface area contributed by atoms with Crippen molar-refractivity contribution in [3.63, 3.8) is 0 Å². The number of imidazole rings is 1. The topological polar surface area (TPSA) is 50.2 Å². The summed E-state index contributed by atoms with van der Waals surface area (Å²) < 4.78 is 2.34. The number of carbonyl (C=O) groups is 1. The third-order valence-electron chi connectivity index (χ3n) is 5.64. The molecule has 1 aliphatic heterocycles. The van der Waals surface area contributed by atoms with Crippen molar-refractivity contribution in [2.45, 2.75) is 52.1 Å². The number of nitrogens with one attached hydrogen (secondary N) is 1. The summed E-state index contributed by atoms with van der Waals surface area (Å²) in [5.41, 5.74) is 3.50. The van der Waals surface area contributed by atoms with Crippen LogP contribution < -0.4 is 5.32 Å². The Bertz CT molecular complexity index is 969. The molecule has 1 saturated heterocycles. The molecular formula is C24H30N4O. The molecule has 0 radical (unpaired) electrons. The van der Waals surface area contributed by atoms with E-state index in [0.717, 1.165) is 42.2 Å². The summed E-state index contributed by atoms with van der Waals surface area (Å²) in [7, 11) is 0. The van der Waals surface area contributed by atoms with Gasteiger partial charge in [0.1, 0.15) is 5.82 Å². The third kappa shape index (κ3) is 4.51. The molecule has 4 rings (SSSR count). The zero-order chi connectivity index (χ0) is 20.2. The molecule has 0 atom stereocenters. The second kappa shape index (κ2) is 8.78. The highest BCUT2D eigenvalue weighted by Crippen LogP contribution is 2.26. The lowest BCUT2D eigenvalue weighted by Gasteiger charge is -2.21. The molecule has 3 aromatic rings. The van der Waals surface area contributed by atoms with Crippen molar-refractivity contribution in [3.8, 4) is 0 Å². The zero-order valence-electron chi connectivity index (χ0n) is 17.4. The Kier molecular flexibility index (Phi) is 5.95. The summed E-state index contributed by atoms with van der Waals surface area (Å²) in [6.45, 7) is 7.61. The number of carbonyl (C=O) groups excluding carboxylic acids is 1. The summed E-state index contributed by atoms with van der Waals surface area (Å²) in [5, 5.41) is 3.00. The predicted molar refractivity (Wildman–Crippen MR) is 118 cm³/mol. The van der Waals surface area contributed by atoms with Crippen LogP contribution >= 0.6 is 0 Å². The SMILES string of the molecule is CC(C)n1c(CN2CCCCCC2)nc2cc(NC(=O)c3ccccc3)ccc21. The minimum absolute atomic E-state index is 0.0990. The van der Waals surface area contributed by atoms with Crippen LogP contribution in [0.3, 0.4) is 0 Å². The lowest BCUT2D eigenvalue weighted by molar-refractivity contribution is 0.102. The van der Waals surface area contributed by atoms with Gasteiger partial charge in [-0.2, -0.15) is 0 Å². The molecule has 2 heterocycles. The Balaban J connectivity index is 1.60. The van der Waals surface area contributed by atoms with Crippen molar-refractivity contribution < 1.29 is 4.79 Å². The second-order valence-electron chi connectivity index (χ2n) is 8.21. The van der Waals surface area contributed by atoms with Crippen molar-refractivity contribution in [2.24, 2.45) is 0 Å². The number of anilines is 1. The van der Waals surface area contributed by atoms with E-state index in [0.29, 0.717) is 11.6 Å². The van der Waals surface area contributed by atoms with Gasteiger partial charge in [0.25, 0.3) is 5.91 Å². The van der Waals surface area contributed by atoms with Gasteiger partial charge in [0.15, 0.2) is 0 Å². The van der Waals surface area contributed by atoms with Crippen molar-refractivity contribution in [2.75, 3.05) is 18.4 Å². The predicted octanol–water partition coefficient (Wildman–Crippen LogP) is 5.25. The Morgan fingerprint density at radius 1 is 1.03 bits per heavy atom. The summed E-state index contributed by atoms with van der Waals surface area (Å²) >= 11 is 0. The van der Waals surface area contributed by atoms with Gasteiger partial charge in [0, 0.05) is 17.3 Å².